The molecule has 0 aliphatic rings. The molecule has 1 amide bonds. The lowest BCUT2D eigenvalue weighted by molar-refractivity contribution is 0.0951. The number of rotatable bonds is 8. The minimum absolute atomic E-state index is 0.0162. The fourth-order valence-electron chi connectivity index (χ4n) is 2.57. The molecule has 0 atom stereocenters. The summed E-state index contributed by atoms with van der Waals surface area (Å²) >= 11 is 0. The number of nitrogens with one attached hydrogen (secondary N) is 3. The molecule has 0 aliphatic carbocycles. The number of carbonyl (C=O) groups is 1. The number of hydrogen-bond acceptors (Lipinski definition) is 9. The smallest absolute Gasteiger partial charge is 0.297 e. The third kappa shape index (κ3) is 5.16. The van der Waals surface area contributed by atoms with E-state index in [0.717, 1.165) is 0 Å². The van der Waals surface area contributed by atoms with E-state index < -0.39 is 18.2 Å². The second-order valence-corrected chi connectivity index (χ2v) is 6.51. The van der Waals surface area contributed by atoms with Crippen LogP contribution in [0.15, 0.2) is 35.4 Å². The van der Waals surface area contributed by atoms with Crippen molar-refractivity contribution in [3.8, 4) is 0 Å². The van der Waals surface area contributed by atoms with Crippen molar-refractivity contribution in [1.82, 2.24) is 25.3 Å². The van der Waals surface area contributed by atoms with Crippen LogP contribution in [0.3, 0.4) is 0 Å². The first kappa shape index (κ1) is 20.9. The highest BCUT2D eigenvalue weighted by Gasteiger charge is 2.20. The summed E-state index contributed by atoms with van der Waals surface area (Å²) in [5.74, 6) is -1.25. The highest BCUT2D eigenvalue weighted by molar-refractivity contribution is 6.04. The number of nitrogens with two attached hydrogens (primary N) is 1. The fraction of sp³-hybridized carbons (Fsp3) is 0.278. The van der Waals surface area contributed by atoms with E-state index >= 15 is 0 Å². The van der Waals surface area contributed by atoms with Gasteiger partial charge in [-0.2, -0.15) is 0 Å². The number of pyridine rings is 1. The Labute approximate surface area is 170 Å². The van der Waals surface area contributed by atoms with Crippen molar-refractivity contribution >= 4 is 29.0 Å². The fourth-order valence-corrected chi connectivity index (χ4v) is 2.57. The standard InChI is InChI=1S/C18H20F2N8O2/c1-9(2)25-11-3-4-22-16(14(11)18(29)23-6-10-7-30-8-24-10)27-13-5-12(21)26-17(28-13)15(19)20/h3-5,7-9,15H,6H2,1-2H3,(H,23,29)(H4,21,22,25,26,27,28). The van der Waals surface area contributed by atoms with E-state index in [1.165, 1.54) is 24.9 Å². The van der Waals surface area contributed by atoms with Crippen LogP contribution < -0.4 is 21.7 Å². The van der Waals surface area contributed by atoms with Gasteiger partial charge >= 0.3 is 0 Å². The van der Waals surface area contributed by atoms with Crippen molar-refractivity contribution in [3.63, 3.8) is 0 Å². The van der Waals surface area contributed by atoms with Crippen LogP contribution in [0.25, 0.3) is 0 Å². The number of halogens is 2. The zero-order valence-corrected chi connectivity index (χ0v) is 16.2. The molecule has 0 radical (unpaired) electrons. The molecule has 3 rings (SSSR count). The molecule has 0 aromatic carbocycles. The van der Waals surface area contributed by atoms with Crippen molar-refractivity contribution in [2.45, 2.75) is 32.9 Å². The molecule has 10 nitrogen and oxygen atoms in total. The van der Waals surface area contributed by atoms with Gasteiger partial charge in [0.25, 0.3) is 12.3 Å². The third-order valence-electron chi connectivity index (χ3n) is 3.74. The Morgan fingerprint density at radius 2 is 2.07 bits per heavy atom. The second-order valence-electron chi connectivity index (χ2n) is 6.51. The molecule has 0 bridgehead atoms. The first-order valence-electron chi connectivity index (χ1n) is 8.94. The molecule has 0 unspecified atom stereocenters. The molecular weight excluding hydrogens is 398 g/mol. The largest absolute Gasteiger partial charge is 0.451 e. The molecule has 3 aromatic heterocycles. The van der Waals surface area contributed by atoms with Gasteiger partial charge in [-0.15, -0.1) is 0 Å². The molecule has 3 heterocycles. The van der Waals surface area contributed by atoms with Gasteiger partial charge in [-0.1, -0.05) is 0 Å². The minimum Gasteiger partial charge on any atom is -0.451 e. The van der Waals surface area contributed by atoms with Gasteiger partial charge in [0.15, 0.2) is 12.2 Å². The van der Waals surface area contributed by atoms with Gasteiger partial charge < -0.3 is 26.1 Å². The highest BCUT2D eigenvalue weighted by Crippen LogP contribution is 2.27. The van der Waals surface area contributed by atoms with Crippen LogP contribution >= 0.6 is 0 Å². The molecule has 158 valence electrons. The predicted octanol–water partition coefficient (Wildman–Crippen LogP) is 2.87. The summed E-state index contributed by atoms with van der Waals surface area (Å²) in [4.78, 5) is 28.3. The molecule has 0 fully saturated rings. The Bertz CT molecular complexity index is 1010. The van der Waals surface area contributed by atoms with Crippen molar-refractivity contribution in [3.05, 3.63) is 48.1 Å². The SMILES string of the molecule is CC(C)Nc1ccnc(Nc2cc(N)nc(C(F)F)n2)c1C(=O)NCc1cocn1. The Balaban J connectivity index is 1.94. The average Bonchev–Trinajstić information content (AvgIpc) is 3.19. The Kier molecular flexibility index (Phi) is 6.35. The number of nitrogens with zero attached hydrogens (tertiary/aromatic N) is 4. The monoisotopic (exact) mass is 418 g/mol. The molecule has 12 heteroatoms. The first-order chi connectivity index (χ1) is 14.3. The van der Waals surface area contributed by atoms with E-state index in [1.54, 1.807) is 6.07 Å². The summed E-state index contributed by atoms with van der Waals surface area (Å²) < 4.78 is 30.9. The lowest BCUT2D eigenvalue weighted by Gasteiger charge is -2.18. The Morgan fingerprint density at radius 1 is 1.27 bits per heavy atom. The minimum atomic E-state index is -2.90. The summed E-state index contributed by atoms with van der Waals surface area (Å²) in [6, 6.07) is 2.92. The van der Waals surface area contributed by atoms with E-state index in [9.17, 15) is 13.6 Å². The van der Waals surface area contributed by atoms with Gasteiger partial charge in [0.05, 0.1) is 17.9 Å². The van der Waals surface area contributed by atoms with E-state index in [0.29, 0.717) is 11.4 Å². The van der Waals surface area contributed by atoms with Crippen molar-refractivity contribution in [2.24, 2.45) is 0 Å². The number of oxazole rings is 1. The summed E-state index contributed by atoms with van der Waals surface area (Å²) in [5.41, 5.74) is 6.80. The van der Waals surface area contributed by atoms with Crippen LogP contribution in [0.1, 0.15) is 42.1 Å². The first-order valence-corrected chi connectivity index (χ1v) is 8.94. The van der Waals surface area contributed by atoms with Crippen molar-refractivity contribution in [2.75, 3.05) is 16.4 Å². The summed E-state index contributed by atoms with van der Waals surface area (Å²) in [5, 5.41) is 8.67. The van der Waals surface area contributed by atoms with E-state index in [-0.39, 0.29) is 35.6 Å². The topological polar surface area (TPSA) is 144 Å². The summed E-state index contributed by atoms with van der Waals surface area (Å²) in [7, 11) is 0. The number of carbonyl (C=O) groups excluding carboxylic acids is 1. The predicted molar refractivity (Wildman–Crippen MR) is 105 cm³/mol. The van der Waals surface area contributed by atoms with Crippen LogP contribution in [0, 0.1) is 0 Å². The Morgan fingerprint density at radius 3 is 2.73 bits per heavy atom. The molecule has 0 spiro atoms. The third-order valence-corrected chi connectivity index (χ3v) is 3.74. The number of anilines is 4. The maximum atomic E-state index is 13.0. The zero-order chi connectivity index (χ0) is 21.7. The molecule has 3 aromatic rings. The highest BCUT2D eigenvalue weighted by atomic mass is 19.3. The molecule has 0 aliphatic heterocycles. The van der Waals surface area contributed by atoms with Gasteiger partial charge in [0.1, 0.15) is 29.3 Å². The lowest BCUT2D eigenvalue weighted by Crippen LogP contribution is -2.26. The van der Waals surface area contributed by atoms with Crippen LogP contribution in [0.4, 0.5) is 31.9 Å². The van der Waals surface area contributed by atoms with Crippen molar-refractivity contribution < 1.29 is 18.0 Å². The van der Waals surface area contributed by atoms with Gasteiger partial charge in [-0.25, -0.2) is 28.7 Å². The maximum Gasteiger partial charge on any atom is 0.297 e. The van der Waals surface area contributed by atoms with Crippen LogP contribution in [0.2, 0.25) is 0 Å². The number of nitrogen functional groups attached to an aromatic ring is 1. The molecule has 0 saturated carbocycles. The van der Waals surface area contributed by atoms with Gasteiger partial charge in [-0.3, -0.25) is 4.79 Å². The number of amides is 1. The van der Waals surface area contributed by atoms with Crippen LogP contribution in [0.5, 0.6) is 0 Å². The summed E-state index contributed by atoms with van der Waals surface area (Å²) in [6.45, 7) is 3.94. The number of alkyl halides is 2. The molecule has 0 saturated heterocycles. The number of hydrogen-bond donors (Lipinski definition) is 4. The summed E-state index contributed by atoms with van der Waals surface area (Å²) in [6.07, 6.45) is 1.23. The van der Waals surface area contributed by atoms with Crippen molar-refractivity contribution in [1.29, 1.82) is 0 Å². The van der Waals surface area contributed by atoms with Crippen LogP contribution in [-0.4, -0.2) is 31.9 Å². The quantitative estimate of drug-likeness (QED) is 0.434. The van der Waals surface area contributed by atoms with E-state index in [1.807, 2.05) is 13.8 Å². The average molecular weight is 418 g/mol. The van der Waals surface area contributed by atoms with Crippen LogP contribution in [-0.2, 0) is 6.54 Å². The number of aromatic nitrogens is 4. The maximum absolute atomic E-state index is 13.0. The molecule has 30 heavy (non-hydrogen) atoms. The van der Waals surface area contributed by atoms with E-state index in [2.05, 4.69) is 35.9 Å². The normalized spacial score (nSPS) is 11.0. The van der Waals surface area contributed by atoms with Gasteiger partial charge in [0.2, 0.25) is 0 Å². The zero-order valence-electron chi connectivity index (χ0n) is 16.2. The van der Waals surface area contributed by atoms with Gasteiger partial charge in [-0.05, 0) is 19.9 Å². The van der Waals surface area contributed by atoms with Gasteiger partial charge in [0, 0.05) is 18.3 Å². The Hall–Kier alpha value is -3.83. The molecule has 5 N–H and O–H groups in total. The second kappa shape index (κ2) is 9.11. The molecular formula is C18H20F2N8O2. The lowest BCUT2D eigenvalue weighted by atomic mass is 10.1. The van der Waals surface area contributed by atoms with E-state index in [4.69, 9.17) is 10.2 Å².